The molecule has 0 heterocycles. The van der Waals surface area contributed by atoms with E-state index in [0.29, 0.717) is 31.0 Å². The highest BCUT2D eigenvalue weighted by Gasteiger charge is 2.09. The second kappa shape index (κ2) is 9.59. The largest absolute Gasteiger partial charge is 0.491 e. The molecule has 0 aliphatic heterocycles. The molecule has 0 N–H and O–H groups in total. The number of aldehydes is 1. The molecule has 0 amide bonds. The monoisotopic (exact) mass is 256 g/mol. The predicted octanol–water partition coefficient (Wildman–Crippen LogP) is 3.19. The molecule has 102 valence electrons. The van der Waals surface area contributed by atoms with Crippen molar-refractivity contribution in [2.24, 2.45) is 5.92 Å². The molecule has 4 heteroatoms. The van der Waals surface area contributed by atoms with Crippen LogP contribution in [0.4, 0.5) is 4.39 Å². The molecule has 0 spiro atoms. The highest BCUT2D eigenvalue weighted by molar-refractivity contribution is 5.49. The van der Waals surface area contributed by atoms with E-state index in [4.69, 9.17) is 9.47 Å². The average molecular weight is 256 g/mol. The second-order valence-electron chi connectivity index (χ2n) is 4.05. The van der Waals surface area contributed by atoms with Crippen LogP contribution >= 0.6 is 0 Å². The zero-order valence-electron chi connectivity index (χ0n) is 11.1. The molecule has 0 atom stereocenters. The van der Waals surface area contributed by atoms with Crippen LogP contribution in [0.15, 0.2) is 36.4 Å². The molecular weight excluding hydrogens is 235 g/mol. The molecule has 0 aliphatic carbocycles. The van der Waals surface area contributed by atoms with Gasteiger partial charge in [-0.15, -0.1) is 0 Å². The Balaban J connectivity index is 4.15. The van der Waals surface area contributed by atoms with Gasteiger partial charge in [0.15, 0.2) is 0 Å². The summed E-state index contributed by atoms with van der Waals surface area (Å²) in [5, 5.41) is 0. The van der Waals surface area contributed by atoms with Crippen LogP contribution in [0.3, 0.4) is 0 Å². The summed E-state index contributed by atoms with van der Waals surface area (Å²) in [5.41, 5.74) is 0.710. The zero-order chi connectivity index (χ0) is 14.0. The summed E-state index contributed by atoms with van der Waals surface area (Å²) in [4.78, 5) is 10.0. The molecule has 0 radical (unpaired) electrons. The van der Waals surface area contributed by atoms with Crippen LogP contribution in [0, 0.1) is 5.92 Å². The van der Waals surface area contributed by atoms with Crippen LogP contribution in [-0.4, -0.2) is 26.1 Å². The highest BCUT2D eigenvalue weighted by atomic mass is 19.1. The van der Waals surface area contributed by atoms with Crippen LogP contribution in [-0.2, 0) is 14.3 Å². The number of halogens is 1. The summed E-state index contributed by atoms with van der Waals surface area (Å²) in [6.07, 6.45) is 2.37. The first-order chi connectivity index (χ1) is 8.49. The van der Waals surface area contributed by atoms with Crippen molar-refractivity contribution in [3.05, 3.63) is 36.4 Å². The molecule has 0 saturated heterocycles. The second-order valence-corrected chi connectivity index (χ2v) is 4.05. The number of rotatable bonds is 10. The van der Waals surface area contributed by atoms with Gasteiger partial charge < -0.3 is 14.3 Å². The molecule has 0 aromatic heterocycles. The van der Waals surface area contributed by atoms with Gasteiger partial charge >= 0.3 is 0 Å². The minimum atomic E-state index is -0.575. The minimum Gasteiger partial charge on any atom is -0.491 e. The van der Waals surface area contributed by atoms with Crippen molar-refractivity contribution in [2.75, 3.05) is 19.8 Å². The van der Waals surface area contributed by atoms with Gasteiger partial charge in [-0.1, -0.05) is 27.0 Å². The van der Waals surface area contributed by atoms with E-state index in [0.717, 1.165) is 6.29 Å². The SMILES string of the molecule is C=C(F)/C=C(/OCCOCCC=O)C(=C)C(C)C. The smallest absolute Gasteiger partial charge is 0.125 e. The number of carbonyl (C=O) groups excluding carboxylic acids is 1. The Morgan fingerprint density at radius 2 is 1.94 bits per heavy atom. The van der Waals surface area contributed by atoms with Gasteiger partial charge in [-0.05, 0) is 11.5 Å². The summed E-state index contributed by atoms with van der Waals surface area (Å²) in [6.45, 7) is 11.9. The average Bonchev–Trinajstić information content (AvgIpc) is 2.30. The number of carbonyl (C=O) groups is 1. The Morgan fingerprint density at radius 1 is 1.28 bits per heavy atom. The van der Waals surface area contributed by atoms with Crippen LogP contribution in [0.25, 0.3) is 0 Å². The molecule has 0 saturated carbocycles. The Bertz CT molecular complexity index is 319. The maximum Gasteiger partial charge on any atom is 0.125 e. The fraction of sp³-hybridized carbons (Fsp3) is 0.500. The van der Waals surface area contributed by atoms with Crippen molar-refractivity contribution in [1.82, 2.24) is 0 Å². The van der Waals surface area contributed by atoms with Gasteiger partial charge in [-0.3, -0.25) is 0 Å². The van der Waals surface area contributed by atoms with Crippen LogP contribution in [0.2, 0.25) is 0 Å². The van der Waals surface area contributed by atoms with Gasteiger partial charge in [-0.2, -0.15) is 0 Å². The zero-order valence-corrected chi connectivity index (χ0v) is 11.1. The lowest BCUT2D eigenvalue weighted by Gasteiger charge is -2.15. The van der Waals surface area contributed by atoms with E-state index in [2.05, 4.69) is 13.2 Å². The van der Waals surface area contributed by atoms with E-state index < -0.39 is 5.83 Å². The molecular formula is C14H21FO3. The fourth-order valence-electron chi connectivity index (χ4n) is 1.10. The standard InChI is InChI=1S/C14H21FO3/c1-11(2)13(4)14(10-12(3)15)18-9-8-17-7-5-6-16/h6,10-11H,3-5,7-9H2,1-2H3/b14-10+. The third-order valence-corrected chi connectivity index (χ3v) is 2.17. The van der Waals surface area contributed by atoms with Crippen molar-refractivity contribution >= 4 is 6.29 Å². The van der Waals surface area contributed by atoms with Gasteiger partial charge in [0.2, 0.25) is 0 Å². The topological polar surface area (TPSA) is 35.5 Å². The quantitative estimate of drug-likeness (QED) is 0.260. The number of hydrogen-bond donors (Lipinski definition) is 0. The maximum absolute atomic E-state index is 12.8. The van der Waals surface area contributed by atoms with E-state index >= 15 is 0 Å². The summed E-state index contributed by atoms with van der Waals surface area (Å²) in [7, 11) is 0. The third kappa shape index (κ3) is 7.79. The van der Waals surface area contributed by atoms with Crippen LogP contribution in [0.1, 0.15) is 20.3 Å². The normalized spacial score (nSPS) is 11.4. The Morgan fingerprint density at radius 3 is 2.44 bits per heavy atom. The van der Waals surface area contributed by atoms with Crippen molar-refractivity contribution in [3.8, 4) is 0 Å². The van der Waals surface area contributed by atoms with E-state index in [9.17, 15) is 9.18 Å². The molecule has 0 aromatic rings. The first-order valence-electron chi connectivity index (χ1n) is 5.88. The summed E-state index contributed by atoms with van der Waals surface area (Å²) >= 11 is 0. The van der Waals surface area contributed by atoms with Crippen molar-refractivity contribution in [2.45, 2.75) is 20.3 Å². The molecule has 0 aliphatic rings. The number of ether oxygens (including phenoxy) is 2. The summed E-state index contributed by atoms with van der Waals surface area (Å²) in [5.74, 6) is -0.0308. The van der Waals surface area contributed by atoms with E-state index in [-0.39, 0.29) is 12.5 Å². The maximum atomic E-state index is 12.8. The Kier molecular flexibility index (Phi) is 8.84. The molecule has 0 rings (SSSR count). The molecule has 0 aromatic carbocycles. The highest BCUT2D eigenvalue weighted by Crippen LogP contribution is 2.20. The van der Waals surface area contributed by atoms with Crippen LogP contribution in [0.5, 0.6) is 0 Å². The van der Waals surface area contributed by atoms with E-state index in [1.165, 1.54) is 6.08 Å². The van der Waals surface area contributed by atoms with Crippen LogP contribution < -0.4 is 0 Å². The molecule has 0 unspecified atom stereocenters. The number of hydrogen-bond acceptors (Lipinski definition) is 3. The molecule has 0 bridgehead atoms. The molecule has 0 fully saturated rings. The van der Waals surface area contributed by atoms with E-state index in [1.54, 1.807) is 0 Å². The van der Waals surface area contributed by atoms with Gasteiger partial charge in [0.1, 0.15) is 24.5 Å². The first kappa shape index (κ1) is 16.6. The van der Waals surface area contributed by atoms with Gasteiger partial charge in [-0.25, -0.2) is 4.39 Å². The van der Waals surface area contributed by atoms with Gasteiger partial charge in [0.05, 0.1) is 13.2 Å². The lowest BCUT2D eigenvalue weighted by Crippen LogP contribution is -2.08. The van der Waals surface area contributed by atoms with Crippen molar-refractivity contribution in [3.63, 3.8) is 0 Å². The Hall–Kier alpha value is -1.42. The minimum absolute atomic E-state index is 0.159. The lowest BCUT2D eigenvalue weighted by molar-refractivity contribution is -0.108. The fourth-order valence-corrected chi connectivity index (χ4v) is 1.10. The molecule has 3 nitrogen and oxygen atoms in total. The van der Waals surface area contributed by atoms with Gasteiger partial charge in [0.25, 0.3) is 0 Å². The first-order valence-corrected chi connectivity index (χ1v) is 5.88. The number of allylic oxidation sites excluding steroid dienone is 3. The lowest BCUT2D eigenvalue weighted by atomic mass is 10.0. The van der Waals surface area contributed by atoms with Crippen molar-refractivity contribution < 1.29 is 18.7 Å². The summed E-state index contributed by atoms with van der Waals surface area (Å²) < 4.78 is 23.3. The van der Waals surface area contributed by atoms with E-state index in [1.807, 2.05) is 13.8 Å². The Labute approximate surface area is 108 Å². The summed E-state index contributed by atoms with van der Waals surface area (Å²) in [6, 6.07) is 0. The van der Waals surface area contributed by atoms with Crippen molar-refractivity contribution in [1.29, 1.82) is 0 Å². The third-order valence-electron chi connectivity index (χ3n) is 2.17. The van der Waals surface area contributed by atoms with Gasteiger partial charge in [0, 0.05) is 12.5 Å². The molecule has 18 heavy (non-hydrogen) atoms. The predicted molar refractivity (Wildman–Crippen MR) is 69.8 cm³/mol.